The van der Waals surface area contributed by atoms with E-state index in [-0.39, 0.29) is 5.97 Å². The lowest BCUT2D eigenvalue weighted by Gasteiger charge is -2.03. The molecule has 0 N–H and O–H groups in total. The Kier molecular flexibility index (Phi) is 7.94. The molecular weight excluding hydrogens is 224 g/mol. The van der Waals surface area contributed by atoms with Crippen molar-refractivity contribution in [3.8, 4) is 5.75 Å². The highest BCUT2D eigenvalue weighted by Crippen LogP contribution is 2.11. The van der Waals surface area contributed by atoms with E-state index >= 15 is 0 Å². The SMILES string of the molecule is CCCCCCCC[CH]C(=O)Oc1ccccc1. The summed E-state index contributed by atoms with van der Waals surface area (Å²) >= 11 is 0. The Labute approximate surface area is 110 Å². The Hall–Kier alpha value is -1.31. The minimum absolute atomic E-state index is 0.241. The topological polar surface area (TPSA) is 26.3 Å². The lowest BCUT2D eigenvalue weighted by Crippen LogP contribution is -2.08. The third-order valence-corrected chi connectivity index (χ3v) is 2.83. The number of rotatable bonds is 9. The lowest BCUT2D eigenvalue weighted by molar-refractivity contribution is -0.130. The Morgan fingerprint density at radius 3 is 2.44 bits per heavy atom. The average Bonchev–Trinajstić information content (AvgIpc) is 2.39. The molecule has 0 aliphatic rings. The molecule has 1 aromatic carbocycles. The predicted molar refractivity (Wildman–Crippen MR) is 74.4 cm³/mol. The van der Waals surface area contributed by atoms with Gasteiger partial charge in [0.15, 0.2) is 0 Å². The monoisotopic (exact) mass is 247 g/mol. The van der Waals surface area contributed by atoms with Gasteiger partial charge in [0.2, 0.25) is 0 Å². The zero-order chi connectivity index (χ0) is 13.1. The van der Waals surface area contributed by atoms with Crippen LogP contribution in [0.4, 0.5) is 0 Å². The first kappa shape index (κ1) is 14.7. The van der Waals surface area contributed by atoms with Crippen LogP contribution in [0.5, 0.6) is 5.75 Å². The van der Waals surface area contributed by atoms with E-state index in [0.717, 1.165) is 12.8 Å². The minimum Gasteiger partial charge on any atom is -0.426 e. The zero-order valence-electron chi connectivity index (χ0n) is 11.2. The second kappa shape index (κ2) is 9.69. The Balaban J connectivity index is 2.00. The Bertz CT molecular complexity index is 319. The first-order valence-electron chi connectivity index (χ1n) is 6.93. The first-order valence-corrected chi connectivity index (χ1v) is 6.93. The van der Waals surface area contributed by atoms with E-state index in [4.69, 9.17) is 4.74 Å². The molecule has 1 radical (unpaired) electrons. The molecule has 1 rings (SSSR count). The molecule has 0 aliphatic heterocycles. The van der Waals surface area contributed by atoms with Crippen LogP contribution in [-0.4, -0.2) is 5.97 Å². The van der Waals surface area contributed by atoms with E-state index < -0.39 is 0 Å². The van der Waals surface area contributed by atoms with Crippen LogP contribution in [0, 0.1) is 6.42 Å². The number of benzene rings is 1. The second-order valence-corrected chi connectivity index (χ2v) is 4.49. The van der Waals surface area contributed by atoms with Crippen LogP contribution in [0.25, 0.3) is 0 Å². The summed E-state index contributed by atoms with van der Waals surface area (Å²) in [6, 6.07) is 9.19. The summed E-state index contributed by atoms with van der Waals surface area (Å²) in [5, 5.41) is 0. The third kappa shape index (κ3) is 7.10. The van der Waals surface area contributed by atoms with E-state index in [2.05, 4.69) is 6.92 Å². The minimum atomic E-state index is -0.241. The van der Waals surface area contributed by atoms with Gasteiger partial charge >= 0.3 is 5.97 Å². The largest absolute Gasteiger partial charge is 0.426 e. The first-order chi connectivity index (χ1) is 8.83. The van der Waals surface area contributed by atoms with Crippen LogP contribution in [0.15, 0.2) is 30.3 Å². The molecule has 2 heteroatoms. The number of hydrogen-bond donors (Lipinski definition) is 0. The van der Waals surface area contributed by atoms with Crippen LogP contribution in [0.1, 0.15) is 51.9 Å². The predicted octanol–water partition coefficient (Wildman–Crippen LogP) is 4.55. The van der Waals surface area contributed by atoms with Crippen molar-refractivity contribution < 1.29 is 9.53 Å². The molecule has 18 heavy (non-hydrogen) atoms. The summed E-state index contributed by atoms with van der Waals surface area (Å²) in [7, 11) is 0. The highest BCUT2D eigenvalue weighted by Gasteiger charge is 2.04. The lowest BCUT2D eigenvalue weighted by atomic mass is 10.1. The maximum Gasteiger partial charge on any atom is 0.315 e. The van der Waals surface area contributed by atoms with Crippen molar-refractivity contribution in [2.45, 2.75) is 51.9 Å². The average molecular weight is 247 g/mol. The fourth-order valence-electron chi connectivity index (χ4n) is 1.79. The van der Waals surface area contributed by atoms with E-state index in [1.54, 1.807) is 18.6 Å². The van der Waals surface area contributed by atoms with Crippen LogP contribution in [-0.2, 0) is 4.79 Å². The van der Waals surface area contributed by atoms with Crippen molar-refractivity contribution >= 4 is 5.97 Å². The summed E-state index contributed by atoms with van der Waals surface area (Å²) in [4.78, 5) is 11.5. The van der Waals surface area contributed by atoms with Gasteiger partial charge in [0.1, 0.15) is 5.75 Å². The van der Waals surface area contributed by atoms with Gasteiger partial charge in [-0.3, -0.25) is 4.79 Å². The normalized spacial score (nSPS) is 10.3. The van der Waals surface area contributed by atoms with Crippen molar-refractivity contribution in [3.05, 3.63) is 36.8 Å². The van der Waals surface area contributed by atoms with Crippen molar-refractivity contribution in [2.75, 3.05) is 0 Å². The number of carbonyl (C=O) groups excluding carboxylic acids is 1. The Morgan fingerprint density at radius 2 is 1.72 bits per heavy atom. The van der Waals surface area contributed by atoms with E-state index in [1.807, 2.05) is 18.2 Å². The summed E-state index contributed by atoms with van der Waals surface area (Å²) < 4.78 is 5.16. The Morgan fingerprint density at radius 1 is 1.06 bits per heavy atom. The molecule has 0 unspecified atom stereocenters. The molecule has 0 aliphatic carbocycles. The molecule has 0 heterocycles. The summed E-state index contributed by atoms with van der Waals surface area (Å²) in [6.07, 6.45) is 9.92. The van der Waals surface area contributed by atoms with Gasteiger partial charge in [0.25, 0.3) is 0 Å². The molecule has 99 valence electrons. The molecule has 0 spiro atoms. The summed E-state index contributed by atoms with van der Waals surface area (Å²) in [5.74, 6) is 0.372. The standard InChI is InChI=1S/C16H23O2/c1-2-3-4-5-6-7-11-14-16(17)18-15-12-9-8-10-13-15/h8-10,12-14H,2-7,11H2,1H3. The van der Waals surface area contributed by atoms with Crippen molar-refractivity contribution in [1.29, 1.82) is 0 Å². The molecule has 0 amide bonds. The number of carbonyl (C=O) groups is 1. The van der Waals surface area contributed by atoms with Gasteiger partial charge in [-0.2, -0.15) is 0 Å². The summed E-state index contributed by atoms with van der Waals surface area (Å²) in [6.45, 7) is 2.22. The number of ether oxygens (including phenoxy) is 1. The van der Waals surface area contributed by atoms with Crippen molar-refractivity contribution in [1.82, 2.24) is 0 Å². The second-order valence-electron chi connectivity index (χ2n) is 4.49. The third-order valence-electron chi connectivity index (χ3n) is 2.83. The van der Waals surface area contributed by atoms with Gasteiger partial charge in [-0.25, -0.2) is 0 Å². The van der Waals surface area contributed by atoms with Crippen molar-refractivity contribution in [3.63, 3.8) is 0 Å². The van der Waals surface area contributed by atoms with E-state index in [0.29, 0.717) is 5.75 Å². The number of hydrogen-bond acceptors (Lipinski definition) is 2. The highest BCUT2D eigenvalue weighted by atomic mass is 16.5. The smallest absolute Gasteiger partial charge is 0.315 e. The van der Waals surface area contributed by atoms with E-state index in [1.165, 1.54) is 32.1 Å². The van der Waals surface area contributed by atoms with Gasteiger partial charge in [0.05, 0.1) is 6.42 Å². The van der Waals surface area contributed by atoms with Crippen LogP contribution in [0.2, 0.25) is 0 Å². The molecule has 0 bridgehead atoms. The van der Waals surface area contributed by atoms with Crippen LogP contribution >= 0.6 is 0 Å². The fourth-order valence-corrected chi connectivity index (χ4v) is 1.79. The zero-order valence-corrected chi connectivity index (χ0v) is 11.2. The van der Waals surface area contributed by atoms with E-state index in [9.17, 15) is 4.79 Å². The molecule has 0 saturated heterocycles. The summed E-state index contributed by atoms with van der Waals surface area (Å²) in [5.41, 5.74) is 0. The molecule has 0 atom stereocenters. The van der Waals surface area contributed by atoms with Crippen LogP contribution in [0.3, 0.4) is 0 Å². The molecule has 2 nitrogen and oxygen atoms in total. The fraction of sp³-hybridized carbons (Fsp3) is 0.500. The molecule has 0 aromatic heterocycles. The molecule has 0 fully saturated rings. The quantitative estimate of drug-likeness (QED) is 0.363. The van der Waals surface area contributed by atoms with Gasteiger partial charge in [-0.1, -0.05) is 63.6 Å². The molecule has 1 aromatic rings. The van der Waals surface area contributed by atoms with Crippen LogP contribution < -0.4 is 4.74 Å². The number of esters is 1. The molecular formula is C16H23O2. The van der Waals surface area contributed by atoms with Gasteiger partial charge in [-0.15, -0.1) is 0 Å². The number of para-hydroxylation sites is 1. The van der Waals surface area contributed by atoms with Gasteiger partial charge < -0.3 is 4.74 Å². The maximum atomic E-state index is 11.5. The van der Waals surface area contributed by atoms with Gasteiger partial charge in [-0.05, 0) is 18.6 Å². The van der Waals surface area contributed by atoms with Crippen molar-refractivity contribution in [2.24, 2.45) is 0 Å². The number of unbranched alkanes of at least 4 members (excludes halogenated alkanes) is 6. The van der Waals surface area contributed by atoms with Gasteiger partial charge in [0, 0.05) is 0 Å². The molecule has 0 saturated carbocycles. The highest BCUT2D eigenvalue weighted by molar-refractivity contribution is 5.80. The maximum absolute atomic E-state index is 11.5.